The number of carbonyl (C=O) groups is 2. The first-order valence-corrected chi connectivity index (χ1v) is 6.32. The average molecular weight is 285 g/mol. The third-order valence-corrected chi connectivity index (χ3v) is 2.76. The van der Waals surface area contributed by atoms with E-state index in [9.17, 15) is 9.59 Å². The molecule has 108 valence electrons. The number of nitrogens with one attached hydrogen (secondary N) is 1. The van der Waals surface area contributed by atoms with Crippen molar-refractivity contribution in [3.05, 3.63) is 53.7 Å². The van der Waals surface area contributed by atoms with Crippen LogP contribution in [-0.2, 0) is 9.59 Å². The van der Waals surface area contributed by atoms with Crippen LogP contribution >= 0.6 is 0 Å². The largest absolute Gasteiger partial charge is 0.480 e. The van der Waals surface area contributed by atoms with Crippen molar-refractivity contribution in [2.45, 2.75) is 0 Å². The van der Waals surface area contributed by atoms with Crippen molar-refractivity contribution in [2.24, 2.45) is 4.99 Å². The molecule has 0 aliphatic carbocycles. The van der Waals surface area contributed by atoms with Gasteiger partial charge < -0.3 is 10.0 Å². The second-order valence-electron chi connectivity index (χ2n) is 4.46. The lowest BCUT2D eigenvalue weighted by atomic mass is 10.2. The molecular formula is C15H15N3O3. The highest BCUT2D eigenvalue weighted by molar-refractivity contribution is 6.12. The van der Waals surface area contributed by atoms with Crippen LogP contribution < -0.4 is 5.32 Å². The Balaban J connectivity index is 2.07. The molecule has 0 unspecified atom stereocenters. The number of guanidine groups is 1. The van der Waals surface area contributed by atoms with Crippen molar-refractivity contribution in [1.82, 2.24) is 10.2 Å². The second kappa shape index (κ2) is 6.51. The number of rotatable bonds is 4. The van der Waals surface area contributed by atoms with E-state index in [2.05, 4.69) is 10.3 Å². The maximum absolute atomic E-state index is 11.7. The summed E-state index contributed by atoms with van der Waals surface area (Å²) in [6, 6.07) is 9.66. The first kappa shape index (κ1) is 14.5. The minimum atomic E-state index is -0.990. The average Bonchev–Trinajstić information content (AvgIpc) is 2.81. The number of hydrogen-bond acceptors (Lipinski definition) is 4. The highest BCUT2D eigenvalue weighted by Crippen LogP contribution is 2.08. The van der Waals surface area contributed by atoms with Crippen LogP contribution in [0.25, 0.3) is 6.08 Å². The monoisotopic (exact) mass is 285 g/mol. The van der Waals surface area contributed by atoms with Crippen molar-refractivity contribution in [2.75, 3.05) is 13.6 Å². The quantitative estimate of drug-likeness (QED) is 0.811. The van der Waals surface area contributed by atoms with Gasteiger partial charge in [0.25, 0.3) is 5.91 Å². The SMILES string of the molecule is CN(CC(=O)O)C1=N/C(=C\C=C\c2ccccc2)C(=O)N1. The minimum Gasteiger partial charge on any atom is -0.480 e. The van der Waals surface area contributed by atoms with Crippen LogP contribution in [0, 0.1) is 0 Å². The Morgan fingerprint density at radius 2 is 2.10 bits per heavy atom. The molecule has 6 heteroatoms. The van der Waals surface area contributed by atoms with E-state index in [0.29, 0.717) is 0 Å². The molecule has 0 spiro atoms. The van der Waals surface area contributed by atoms with E-state index in [1.807, 2.05) is 36.4 Å². The fourth-order valence-electron chi connectivity index (χ4n) is 1.74. The number of allylic oxidation sites excluding steroid dienone is 2. The van der Waals surface area contributed by atoms with Crippen molar-refractivity contribution in [3.63, 3.8) is 0 Å². The predicted molar refractivity (Wildman–Crippen MR) is 79.4 cm³/mol. The number of likely N-dealkylation sites (N-methyl/N-ethyl adjacent to an activating group) is 1. The van der Waals surface area contributed by atoms with E-state index in [-0.39, 0.29) is 24.1 Å². The molecule has 0 saturated heterocycles. The van der Waals surface area contributed by atoms with Crippen LogP contribution in [0.1, 0.15) is 5.56 Å². The number of carbonyl (C=O) groups excluding carboxylic acids is 1. The Morgan fingerprint density at radius 3 is 2.76 bits per heavy atom. The molecule has 0 fully saturated rings. The number of hydrogen-bond donors (Lipinski definition) is 2. The maximum atomic E-state index is 11.7. The molecule has 0 radical (unpaired) electrons. The molecule has 0 aromatic heterocycles. The number of aliphatic carboxylic acids is 1. The Kier molecular flexibility index (Phi) is 4.50. The topological polar surface area (TPSA) is 82.0 Å². The summed E-state index contributed by atoms with van der Waals surface area (Å²) in [6.07, 6.45) is 5.17. The van der Waals surface area contributed by atoms with E-state index in [0.717, 1.165) is 5.56 Å². The molecular weight excluding hydrogens is 270 g/mol. The van der Waals surface area contributed by atoms with Gasteiger partial charge in [0.1, 0.15) is 12.2 Å². The molecule has 1 aromatic carbocycles. The van der Waals surface area contributed by atoms with E-state index in [4.69, 9.17) is 5.11 Å². The summed E-state index contributed by atoms with van der Waals surface area (Å²) in [4.78, 5) is 27.8. The molecule has 0 bridgehead atoms. The molecule has 1 amide bonds. The third kappa shape index (κ3) is 4.04. The van der Waals surface area contributed by atoms with Crippen LogP contribution in [0.15, 0.2) is 53.2 Å². The molecule has 1 aromatic rings. The highest BCUT2D eigenvalue weighted by Gasteiger charge is 2.22. The van der Waals surface area contributed by atoms with Gasteiger partial charge >= 0.3 is 5.97 Å². The zero-order valence-electron chi connectivity index (χ0n) is 11.5. The van der Waals surface area contributed by atoms with Crippen molar-refractivity contribution >= 4 is 23.9 Å². The zero-order valence-corrected chi connectivity index (χ0v) is 11.5. The van der Waals surface area contributed by atoms with Gasteiger partial charge in [-0.05, 0) is 11.6 Å². The molecule has 1 aliphatic rings. The van der Waals surface area contributed by atoms with Gasteiger partial charge in [0, 0.05) is 7.05 Å². The van der Waals surface area contributed by atoms with Gasteiger partial charge in [-0.2, -0.15) is 0 Å². The molecule has 2 N–H and O–H groups in total. The fraction of sp³-hybridized carbons (Fsp3) is 0.133. The minimum absolute atomic E-state index is 0.230. The van der Waals surface area contributed by atoms with E-state index in [1.54, 1.807) is 19.2 Å². The molecule has 1 aliphatic heterocycles. The summed E-state index contributed by atoms with van der Waals surface area (Å²) in [5.41, 5.74) is 1.26. The highest BCUT2D eigenvalue weighted by atomic mass is 16.4. The summed E-state index contributed by atoms with van der Waals surface area (Å²) in [7, 11) is 1.55. The molecule has 2 rings (SSSR count). The number of amides is 1. The summed E-state index contributed by atoms with van der Waals surface area (Å²) in [6.45, 7) is -0.230. The number of carboxylic acids is 1. The number of carboxylic acid groups (broad SMARTS) is 1. The summed E-state index contributed by atoms with van der Waals surface area (Å²) in [5.74, 6) is -1.10. The number of aliphatic imine (C=N–C) groups is 1. The Morgan fingerprint density at radius 1 is 1.38 bits per heavy atom. The van der Waals surface area contributed by atoms with Crippen molar-refractivity contribution in [1.29, 1.82) is 0 Å². The van der Waals surface area contributed by atoms with Crippen molar-refractivity contribution in [3.8, 4) is 0 Å². The summed E-state index contributed by atoms with van der Waals surface area (Å²) < 4.78 is 0. The Labute approximate surface area is 122 Å². The lowest BCUT2D eigenvalue weighted by molar-refractivity contribution is -0.137. The van der Waals surface area contributed by atoms with Gasteiger partial charge in [-0.25, -0.2) is 4.99 Å². The number of nitrogens with zero attached hydrogens (tertiary/aromatic N) is 2. The first-order valence-electron chi connectivity index (χ1n) is 6.32. The summed E-state index contributed by atoms with van der Waals surface area (Å²) >= 11 is 0. The standard InChI is InChI=1S/C15H15N3O3/c1-18(10-13(19)20)15-16-12(14(21)17-15)9-5-8-11-6-3-2-4-7-11/h2-9H,10H2,1H3,(H,19,20)(H,16,17,21)/b8-5+,12-9-. The van der Waals surface area contributed by atoms with Crippen LogP contribution in [0.5, 0.6) is 0 Å². The molecule has 6 nitrogen and oxygen atoms in total. The van der Waals surface area contributed by atoms with E-state index < -0.39 is 5.97 Å². The smallest absolute Gasteiger partial charge is 0.323 e. The van der Waals surface area contributed by atoms with Crippen LogP contribution in [0.2, 0.25) is 0 Å². The molecule has 0 atom stereocenters. The van der Waals surface area contributed by atoms with Crippen LogP contribution in [0.4, 0.5) is 0 Å². The molecule has 21 heavy (non-hydrogen) atoms. The summed E-state index contributed by atoms with van der Waals surface area (Å²) in [5, 5.41) is 11.2. The zero-order chi connectivity index (χ0) is 15.2. The normalized spacial score (nSPS) is 16.1. The van der Waals surface area contributed by atoms with Gasteiger partial charge in [-0.1, -0.05) is 42.5 Å². The van der Waals surface area contributed by atoms with Gasteiger partial charge in [0.15, 0.2) is 0 Å². The van der Waals surface area contributed by atoms with Gasteiger partial charge in [0.2, 0.25) is 5.96 Å². The van der Waals surface area contributed by atoms with Crippen LogP contribution in [-0.4, -0.2) is 41.4 Å². The first-order chi connectivity index (χ1) is 10.1. The Hall–Kier alpha value is -2.89. The fourth-order valence-corrected chi connectivity index (χ4v) is 1.74. The second-order valence-corrected chi connectivity index (χ2v) is 4.46. The Bertz CT molecular complexity index is 633. The van der Waals surface area contributed by atoms with Gasteiger partial charge in [-0.15, -0.1) is 0 Å². The van der Waals surface area contributed by atoms with E-state index >= 15 is 0 Å². The predicted octanol–water partition coefficient (Wildman–Crippen LogP) is 1.09. The number of benzene rings is 1. The van der Waals surface area contributed by atoms with Crippen molar-refractivity contribution < 1.29 is 14.7 Å². The lowest BCUT2D eigenvalue weighted by Crippen LogP contribution is -2.40. The van der Waals surface area contributed by atoms with Gasteiger partial charge in [0.05, 0.1) is 0 Å². The lowest BCUT2D eigenvalue weighted by Gasteiger charge is -2.14. The van der Waals surface area contributed by atoms with E-state index in [1.165, 1.54) is 4.90 Å². The third-order valence-electron chi connectivity index (χ3n) is 2.76. The maximum Gasteiger partial charge on any atom is 0.323 e. The van der Waals surface area contributed by atoms with Gasteiger partial charge in [-0.3, -0.25) is 14.9 Å². The molecule has 0 saturated carbocycles. The van der Waals surface area contributed by atoms with Crippen LogP contribution in [0.3, 0.4) is 0 Å². The molecule has 1 heterocycles.